The summed E-state index contributed by atoms with van der Waals surface area (Å²) in [5.41, 5.74) is 1.21. The SMILES string of the molecule is CC1(C)CC(Nc2cc(C3CCOC3)nc(N3CC(O)C3)n2)CC(C)(C)N1. The smallest absolute Gasteiger partial charge is 0.227 e. The van der Waals surface area contributed by atoms with Gasteiger partial charge in [-0.2, -0.15) is 4.98 Å². The number of nitrogens with zero attached hydrogens (tertiary/aromatic N) is 3. The fraction of sp³-hybridized carbons (Fsp3) is 0.800. The third-order valence-corrected chi connectivity index (χ3v) is 5.77. The highest BCUT2D eigenvalue weighted by Crippen LogP contribution is 2.32. The van der Waals surface area contributed by atoms with Crippen LogP contribution in [0.1, 0.15) is 58.6 Å². The average Bonchev–Trinajstić information content (AvgIpc) is 3.02. The van der Waals surface area contributed by atoms with Crippen LogP contribution in [-0.4, -0.2) is 64.6 Å². The Labute approximate surface area is 161 Å². The summed E-state index contributed by atoms with van der Waals surface area (Å²) in [5, 5.41) is 17.1. The number of aliphatic hydroxyl groups is 1. The summed E-state index contributed by atoms with van der Waals surface area (Å²) in [4.78, 5) is 11.6. The summed E-state index contributed by atoms with van der Waals surface area (Å²) in [6, 6.07) is 2.45. The first kappa shape index (κ1) is 18.9. The van der Waals surface area contributed by atoms with Gasteiger partial charge in [-0.1, -0.05) is 0 Å². The third-order valence-electron chi connectivity index (χ3n) is 5.77. The Bertz CT molecular complexity index is 665. The number of hydrogen-bond donors (Lipinski definition) is 3. The van der Waals surface area contributed by atoms with Gasteiger partial charge < -0.3 is 25.4 Å². The highest BCUT2D eigenvalue weighted by atomic mass is 16.5. The fourth-order valence-electron chi connectivity index (χ4n) is 4.90. The Morgan fingerprint density at radius 2 is 1.89 bits per heavy atom. The molecule has 0 aromatic carbocycles. The molecule has 3 saturated heterocycles. The Morgan fingerprint density at radius 3 is 2.48 bits per heavy atom. The van der Waals surface area contributed by atoms with E-state index in [1.165, 1.54) is 0 Å². The molecule has 3 N–H and O–H groups in total. The van der Waals surface area contributed by atoms with E-state index in [1.807, 2.05) is 4.90 Å². The minimum atomic E-state index is -0.269. The molecule has 0 amide bonds. The lowest BCUT2D eigenvalue weighted by molar-refractivity contribution is 0.140. The quantitative estimate of drug-likeness (QED) is 0.741. The molecule has 7 nitrogen and oxygen atoms in total. The zero-order valence-electron chi connectivity index (χ0n) is 17.0. The molecule has 3 fully saturated rings. The van der Waals surface area contributed by atoms with E-state index in [-0.39, 0.29) is 17.2 Å². The van der Waals surface area contributed by atoms with Gasteiger partial charge in [-0.3, -0.25) is 0 Å². The molecule has 1 atom stereocenters. The normalized spacial score (nSPS) is 28.2. The topological polar surface area (TPSA) is 82.5 Å². The summed E-state index contributed by atoms with van der Waals surface area (Å²) >= 11 is 0. The predicted molar refractivity (Wildman–Crippen MR) is 106 cm³/mol. The monoisotopic (exact) mass is 375 g/mol. The van der Waals surface area contributed by atoms with Crippen molar-refractivity contribution in [2.24, 2.45) is 0 Å². The molecule has 1 unspecified atom stereocenters. The van der Waals surface area contributed by atoms with E-state index in [0.29, 0.717) is 25.0 Å². The van der Waals surface area contributed by atoms with Gasteiger partial charge in [0.1, 0.15) is 5.82 Å². The second kappa shape index (κ2) is 6.87. The van der Waals surface area contributed by atoms with Crippen molar-refractivity contribution in [3.05, 3.63) is 11.8 Å². The molecular formula is C20H33N5O2. The minimum Gasteiger partial charge on any atom is -0.389 e. The maximum atomic E-state index is 9.67. The van der Waals surface area contributed by atoms with Crippen molar-refractivity contribution in [2.75, 3.05) is 36.5 Å². The van der Waals surface area contributed by atoms with Crippen molar-refractivity contribution in [3.8, 4) is 0 Å². The number of β-amino-alcohol motifs (C(OH)–C–C–N with tert-alkyl or cyclic N) is 1. The lowest BCUT2D eigenvalue weighted by atomic mass is 9.79. The molecule has 0 radical (unpaired) electrons. The summed E-state index contributed by atoms with van der Waals surface area (Å²) < 4.78 is 5.57. The van der Waals surface area contributed by atoms with Gasteiger partial charge in [-0.25, -0.2) is 4.98 Å². The zero-order valence-corrected chi connectivity index (χ0v) is 17.0. The van der Waals surface area contributed by atoms with Crippen molar-refractivity contribution < 1.29 is 9.84 Å². The minimum absolute atomic E-state index is 0.0823. The van der Waals surface area contributed by atoms with Crippen LogP contribution in [0, 0.1) is 0 Å². The first-order valence-corrected chi connectivity index (χ1v) is 10.1. The number of anilines is 2. The summed E-state index contributed by atoms with van der Waals surface area (Å²) in [5.74, 6) is 1.95. The predicted octanol–water partition coefficient (Wildman–Crippen LogP) is 1.88. The summed E-state index contributed by atoms with van der Waals surface area (Å²) in [6.07, 6.45) is 2.82. The van der Waals surface area contributed by atoms with E-state index in [9.17, 15) is 5.11 Å². The van der Waals surface area contributed by atoms with Crippen molar-refractivity contribution >= 4 is 11.8 Å². The lowest BCUT2D eigenvalue weighted by Crippen LogP contribution is -2.60. The van der Waals surface area contributed by atoms with Crippen molar-refractivity contribution in [2.45, 2.75) is 76.1 Å². The van der Waals surface area contributed by atoms with Gasteiger partial charge in [-0.05, 0) is 47.0 Å². The Hall–Kier alpha value is -1.44. The maximum Gasteiger partial charge on any atom is 0.227 e. The maximum absolute atomic E-state index is 9.67. The van der Waals surface area contributed by atoms with Gasteiger partial charge in [0, 0.05) is 48.8 Å². The molecule has 1 aromatic heterocycles. The van der Waals surface area contributed by atoms with E-state index in [4.69, 9.17) is 14.7 Å². The van der Waals surface area contributed by atoms with E-state index >= 15 is 0 Å². The highest BCUT2D eigenvalue weighted by Gasteiger charge is 2.38. The third kappa shape index (κ3) is 4.36. The van der Waals surface area contributed by atoms with Gasteiger partial charge in [0.2, 0.25) is 5.95 Å². The summed E-state index contributed by atoms with van der Waals surface area (Å²) in [6.45, 7) is 11.8. The van der Waals surface area contributed by atoms with E-state index < -0.39 is 0 Å². The van der Waals surface area contributed by atoms with Crippen LogP contribution in [-0.2, 0) is 4.74 Å². The first-order valence-electron chi connectivity index (χ1n) is 10.1. The van der Waals surface area contributed by atoms with Crippen LogP contribution in [0.25, 0.3) is 0 Å². The number of nitrogens with one attached hydrogen (secondary N) is 2. The van der Waals surface area contributed by atoms with Crippen LogP contribution in [0.15, 0.2) is 6.07 Å². The van der Waals surface area contributed by atoms with Crippen LogP contribution in [0.3, 0.4) is 0 Å². The Balaban J connectivity index is 1.57. The zero-order chi connectivity index (χ0) is 19.2. The van der Waals surface area contributed by atoms with Gasteiger partial charge in [0.05, 0.1) is 18.4 Å². The molecule has 7 heteroatoms. The standard InChI is InChI=1S/C20H33N5O2/c1-19(2)8-14(9-20(3,4)24-19)21-17-7-16(13-5-6-27-12-13)22-18(23-17)25-10-15(26)11-25/h7,13-15,24,26H,5-6,8-12H2,1-4H3,(H,21,22,23). The molecule has 3 aliphatic heterocycles. The molecular weight excluding hydrogens is 342 g/mol. The van der Waals surface area contributed by atoms with Gasteiger partial charge >= 0.3 is 0 Å². The van der Waals surface area contributed by atoms with Crippen molar-refractivity contribution in [1.82, 2.24) is 15.3 Å². The molecule has 27 heavy (non-hydrogen) atoms. The fourth-order valence-corrected chi connectivity index (χ4v) is 4.90. The van der Waals surface area contributed by atoms with Crippen molar-refractivity contribution in [1.29, 1.82) is 0 Å². The highest BCUT2D eigenvalue weighted by molar-refractivity contribution is 5.47. The number of ether oxygens (including phenoxy) is 1. The molecule has 150 valence electrons. The molecule has 0 spiro atoms. The molecule has 4 rings (SSSR count). The number of rotatable bonds is 4. The first-order chi connectivity index (χ1) is 12.7. The van der Waals surface area contributed by atoms with E-state index in [1.54, 1.807) is 0 Å². The van der Waals surface area contributed by atoms with Crippen molar-refractivity contribution in [3.63, 3.8) is 0 Å². The van der Waals surface area contributed by atoms with E-state index in [2.05, 4.69) is 44.4 Å². The lowest BCUT2D eigenvalue weighted by Gasteiger charge is -2.46. The molecule has 0 aliphatic carbocycles. The number of aliphatic hydroxyl groups excluding tert-OH is 1. The number of aromatic nitrogens is 2. The number of piperidine rings is 1. The Kier molecular flexibility index (Phi) is 4.81. The second-order valence-electron chi connectivity index (χ2n) is 9.74. The molecule has 4 heterocycles. The van der Waals surface area contributed by atoms with Gasteiger partial charge in [0.25, 0.3) is 0 Å². The summed E-state index contributed by atoms with van der Waals surface area (Å²) in [7, 11) is 0. The molecule has 3 aliphatic rings. The van der Waals surface area contributed by atoms with Crippen LogP contribution in [0.5, 0.6) is 0 Å². The van der Waals surface area contributed by atoms with Crippen LogP contribution in [0.4, 0.5) is 11.8 Å². The van der Waals surface area contributed by atoms with Crippen LogP contribution >= 0.6 is 0 Å². The Morgan fingerprint density at radius 1 is 1.19 bits per heavy atom. The van der Waals surface area contributed by atoms with Gasteiger partial charge in [-0.15, -0.1) is 0 Å². The van der Waals surface area contributed by atoms with Crippen LogP contribution < -0.4 is 15.5 Å². The number of hydrogen-bond acceptors (Lipinski definition) is 7. The van der Waals surface area contributed by atoms with Crippen LogP contribution in [0.2, 0.25) is 0 Å². The molecule has 0 saturated carbocycles. The van der Waals surface area contributed by atoms with Gasteiger partial charge in [0.15, 0.2) is 0 Å². The largest absolute Gasteiger partial charge is 0.389 e. The molecule has 0 bridgehead atoms. The molecule has 1 aromatic rings. The average molecular weight is 376 g/mol. The van der Waals surface area contributed by atoms with E-state index in [0.717, 1.165) is 49.9 Å². The second-order valence-corrected chi connectivity index (χ2v) is 9.74.